The molecule has 0 heterocycles. The molecule has 1 N–H and O–H groups in total. The van der Waals surface area contributed by atoms with E-state index in [0.29, 0.717) is 6.61 Å². The number of para-hydroxylation sites is 1. The maximum Gasteiger partial charge on any atom is 0.128 e. The Labute approximate surface area is 97.5 Å². The van der Waals surface area contributed by atoms with Gasteiger partial charge in [0, 0.05) is 11.1 Å². The fourth-order valence-corrected chi connectivity index (χ4v) is 1.17. The molecule has 0 saturated heterocycles. The first-order valence-electron chi connectivity index (χ1n) is 5.55. The van der Waals surface area contributed by atoms with E-state index in [-0.39, 0.29) is 5.54 Å². The molecule has 3 nitrogen and oxygen atoms in total. The Morgan fingerprint density at radius 3 is 2.62 bits per heavy atom. The average molecular weight is 220 g/mol. The highest BCUT2D eigenvalue weighted by Gasteiger charge is 2.06. The van der Waals surface area contributed by atoms with Gasteiger partial charge in [-0.05, 0) is 39.8 Å². The number of ether oxygens (including phenoxy) is 1. The highest BCUT2D eigenvalue weighted by molar-refractivity contribution is 5.83. The lowest BCUT2D eigenvalue weighted by molar-refractivity contribution is 0.339. The summed E-state index contributed by atoms with van der Waals surface area (Å²) < 4.78 is 5.50. The molecule has 0 aliphatic carbocycles. The SMILES string of the molecule is CCOc1ccccc1/C=N\NC(C)(C)C. The van der Waals surface area contributed by atoms with Gasteiger partial charge in [-0.2, -0.15) is 5.10 Å². The number of hydrogen-bond donors (Lipinski definition) is 1. The van der Waals surface area contributed by atoms with Crippen LogP contribution in [-0.2, 0) is 0 Å². The van der Waals surface area contributed by atoms with Gasteiger partial charge >= 0.3 is 0 Å². The fraction of sp³-hybridized carbons (Fsp3) is 0.462. The summed E-state index contributed by atoms with van der Waals surface area (Å²) >= 11 is 0. The van der Waals surface area contributed by atoms with Crippen molar-refractivity contribution in [3.05, 3.63) is 29.8 Å². The van der Waals surface area contributed by atoms with Crippen LogP contribution in [0.3, 0.4) is 0 Å². The van der Waals surface area contributed by atoms with E-state index in [0.717, 1.165) is 11.3 Å². The van der Waals surface area contributed by atoms with E-state index in [1.54, 1.807) is 6.21 Å². The number of rotatable bonds is 4. The van der Waals surface area contributed by atoms with Gasteiger partial charge in [-0.1, -0.05) is 12.1 Å². The smallest absolute Gasteiger partial charge is 0.128 e. The molecule has 0 aliphatic rings. The lowest BCUT2D eigenvalue weighted by Crippen LogP contribution is -2.31. The van der Waals surface area contributed by atoms with Crippen LogP contribution in [0.1, 0.15) is 33.3 Å². The Kier molecular flexibility index (Phi) is 4.35. The average Bonchev–Trinajstić information content (AvgIpc) is 2.19. The molecule has 0 saturated carbocycles. The quantitative estimate of drug-likeness (QED) is 0.625. The second kappa shape index (κ2) is 5.54. The van der Waals surface area contributed by atoms with Gasteiger partial charge in [-0.25, -0.2) is 0 Å². The van der Waals surface area contributed by atoms with Gasteiger partial charge in [0.1, 0.15) is 5.75 Å². The molecule has 0 unspecified atom stereocenters. The minimum Gasteiger partial charge on any atom is -0.493 e. The zero-order valence-electron chi connectivity index (χ0n) is 10.4. The third-order valence-corrected chi connectivity index (χ3v) is 1.82. The van der Waals surface area contributed by atoms with Crippen LogP contribution in [0, 0.1) is 0 Å². The predicted octanol–water partition coefficient (Wildman–Crippen LogP) is 2.81. The summed E-state index contributed by atoms with van der Waals surface area (Å²) in [6.07, 6.45) is 1.79. The van der Waals surface area contributed by atoms with E-state index in [2.05, 4.69) is 31.3 Å². The van der Waals surface area contributed by atoms with Gasteiger partial charge in [-0.15, -0.1) is 0 Å². The van der Waals surface area contributed by atoms with Crippen molar-refractivity contribution in [2.75, 3.05) is 6.61 Å². The molecule has 1 aromatic rings. The van der Waals surface area contributed by atoms with Crippen molar-refractivity contribution in [1.29, 1.82) is 0 Å². The Bertz CT molecular complexity index is 353. The van der Waals surface area contributed by atoms with Gasteiger partial charge in [0.15, 0.2) is 0 Å². The topological polar surface area (TPSA) is 33.6 Å². The first-order chi connectivity index (χ1) is 7.53. The lowest BCUT2D eigenvalue weighted by atomic mass is 10.1. The normalized spacial score (nSPS) is 11.8. The van der Waals surface area contributed by atoms with Crippen LogP contribution < -0.4 is 10.2 Å². The zero-order chi connectivity index (χ0) is 12.0. The third-order valence-electron chi connectivity index (χ3n) is 1.82. The van der Waals surface area contributed by atoms with Gasteiger partial charge in [-0.3, -0.25) is 0 Å². The third kappa shape index (κ3) is 4.34. The molecule has 1 rings (SSSR count). The molecule has 0 aromatic heterocycles. The van der Waals surface area contributed by atoms with E-state index >= 15 is 0 Å². The molecular formula is C13H20N2O. The molecule has 16 heavy (non-hydrogen) atoms. The second-order valence-electron chi connectivity index (χ2n) is 4.59. The molecule has 0 radical (unpaired) electrons. The Balaban J connectivity index is 2.72. The maximum absolute atomic E-state index is 5.50. The van der Waals surface area contributed by atoms with Crippen LogP contribution in [0.5, 0.6) is 5.75 Å². The zero-order valence-corrected chi connectivity index (χ0v) is 10.4. The van der Waals surface area contributed by atoms with Crippen molar-refractivity contribution >= 4 is 6.21 Å². The van der Waals surface area contributed by atoms with E-state index in [1.807, 2.05) is 31.2 Å². The number of benzene rings is 1. The monoisotopic (exact) mass is 220 g/mol. The number of nitrogens with one attached hydrogen (secondary N) is 1. The van der Waals surface area contributed by atoms with Crippen LogP contribution in [0.4, 0.5) is 0 Å². The van der Waals surface area contributed by atoms with Gasteiger partial charge in [0.2, 0.25) is 0 Å². The first-order valence-corrected chi connectivity index (χ1v) is 5.55. The van der Waals surface area contributed by atoms with Crippen LogP contribution in [0.15, 0.2) is 29.4 Å². The summed E-state index contributed by atoms with van der Waals surface area (Å²) in [5.74, 6) is 0.865. The maximum atomic E-state index is 5.50. The van der Waals surface area contributed by atoms with Crippen LogP contribution in [0.2, 0.25) is 0 Å². The van der Waals surface area contributed by atoms with Crippen molar-refractivity contribution in [3.63, 3.8) is 0 Å². The molecular weight excluding hydrogens is 200 g/mol. The molecule has 0 spiro atoms. The molecule has 0 aliphatic heterocycles. The van der Waals surface area contributed by atoms with Crippen LogP contribution >= 0.6 is 0 Å². The Morgan fingerprint density at radius 2 is 2.00 bits per heavy atom. The van der Waals surface area contributed by atoms with E-state index in [4.69, 9.17) is 4.74 Å². The van der Waals surface area contributed by atoms with Crippen molar-refractivity contribution < 1.29 is 4.74 Å². The van der Waals surface area contributed by atoms with Crippen molar-refractivity contribution in [3.8, 4) is 5.75 Å². The van der Waals surface area contributed by atoms with E-state index in [1.165, 1.54) is 0 Å². The van der Waals surface area contributed by atoms with Crippen molar-refractivity contribution in [1.82, 2.24) is 5.43 Å². The molecule has 88 valence electrons. The number of hydrazone groups is 1. The van der Waals surface area contributed by atoms with Crippen molar-refractivity contribution in [2.24, 2.45) is 5.10 Å². The highest BCUT2D eigenvalue weighted by Crippen LogP contribution is 2.15. The second-order valence-corrected chi connectivity index (χ2v) is 4.59. The van der Waals surface area contributed by atoms with Crippen LogP contribution in [0.25, 0.3) is 0 Å². The molecule has 0 bridgehead atoms. The van der Waals surface area contributed by atoms with Crippen LogP contribution in [-0.4, -0.2) is 18.4 Å². The number of hydrogen-bond acceptors (Lipinski definition) is 3. The summed E-state index contributed by atoms with van der Waals surface area (Å²) in [6, 6.07) is 7.86. The summed E-state index contributed by atoms with van der Waals surface area (Å²) in [4.78, 5) is 0. The van der Waals surface area contributed by atoms with E-state index < -0.39 is 0 Å². The highest BCUT2D eigenvalue weighted by atomic mass is 16.5. The molecule has 0 fully saturated rings. The Morgan fingerprint density at radius 1 is 1.31 bits per heavy atom. The molecule has 1 aromatic carbocycles. The standard InChI is InChI=1S/C13H20N2O/c1-5-16-12-9-7-6-8-11(12)10-14-15-13(2,3)4/h6-10,15H,5H2,1-4H3/b14-10-. The van der Waals surface area contributed by atoms with Gasteiger partial charge < -0.3 is 10.2 Å². The lowest BCUT2D eigenvalue weighted by Gasteiger charge is -2.17. The summed E-state index contributed by atoms with van der Waals surface area (Å²) in [5, 5.41) is 4.20. The minimum atomic E-state index is -0.0168. The van der Waals surface area contributed by atoms with Crippen molar-refractivity contribution in [2.45, 2.75) is 33.2 Å². The Hall–Kier alpha value is -1.51. The predicted molar refractivity (Wildman–Crippen MR) is 68.1 cm³/mol. The fourth-order valence-electron chi connectivity index (χ4n) is 1.17. The first kappa shape index (κ1) is 12.6. The largest absolute Gasteiger partial charge is 0.493 e. The summed E-state index contributed by atoms with van der Waals surface area (Å²) in [6.45, 7) is 8.84. The van der Waals surface area contributed by atoms with Gasteiger partial charge in [0.05, 0.1) is 12.8 Å². The molecule has 0 amide bonds. The van der Waals surface area contributed by atoms with Gasteiger partial charge in [0.25, 0.3) is 0 Å². The van der Waals surface area contributed by atoms with E-state index in [9.17, 15) is 0 Å². The molecule has 3 heteroatoms. The summed E-state index contributed by atoms with van der Waals surface area (Å²) in [5.41, 5.74) is 4.02. The minimum absolute atomic E-state index is 0.0168. The summed E-state index contributed by atoms with van der Waals surface area (Å²) in [7, 11) is 0. The molecule has 0 atom stereocenters. The number of nitrogens with zero attached hydrogens (tertiary/aromatic N) is 1.